The summed E-state index contributed by atoms with van der Waals surface area (Å²) in [6.07, 6.45) is 1.32. The van der Waals surface area contributed by atoms with Crippen molar-refractivity contribution in [3.05, 3.63) is 28.8 Å². The molecular formula is C13H14ClN3O. The lowest BCUT2D eigenvalue weighted by atomic mass is 10.0. The topological polar surface area (TPSA) is 56.1 Å². The number of nitrogens with one attached hydrogen (secondary N) is 1. The van der Waals surface area contributed by atoms with Crippen LogP contribution in [0, 0.1) is 11.3 Å². The number of amides is 1. The van der Waals surface area contributed by atoms with Crippen molar-refractivity contribution >= 4 is 23.2 Å². The number of hydrogen-bond donors (Lipinski definition) is 1. The van der Waals surface area contributed by atoms with E-state index in [1.807, 2.05) is 0 Å². The molecule has 94 valence electrons. The molecule has 1 aromatic carbocycles. The molecular weight excluding hydrogens is 250 g/mol. The van der Waals surface area contributed by atoms with Gasteiger partial charge in [-0.15, -0.1) is 0 Å². The minimum absolute atomic E-state index is 0.165. The molecule has 1 amide bonds. The molecule has 1 aliphatic heterocycles. The third kappa shape index (κ3) is 2.74. The van der Waals surface area contributed by atoms with Gasteiger partial charge in [0.05, 0.1) is 11.3 Å². The Bertz CT molecular complexity index is 509. The fraction of sp³-hybridized carbons (Fsp3) is 0.385. The number of nitrogens with zero attached hydrogens (tertiary/aromatic N) is 2. The van der Waals surface area contributed by atoms with Gasteiger partial charge in [-0.2, -0.15) is 5.26 Å². The predicted octanol–water partition coefficient (Wildman–Crippen LogP) is 2.24. The van der Waals surface area contributed by atoms with Crippen molar-refractivity contribution in [1.82, 2.24) is 4.90 Å². The average molecular weight is 264 g/mol. The normalized spacial score (nSPS) is 19.5. The van der Waals surface area contributed by atoms with Crippen LogP contribution >= 0.6 is 11.6 Å². The molecule has 1 saturated heterocycles. The minimum Gasteiger partial charge on any atom is -0.379 e. The van der Waals surface area contributed by atoms with Gasteiger partial charge in [0.1, 0.15) is 6.07 Å². The first kappa shape index (κ1) is 12.7. The van der Waals surface area contributed by atoms with Crippen molar-refractivity contribution in [2.24, 2.45) is 0 Å². The average Bonchev–Trinajstić information content (AvgIpc) is 2.34. The van der Waals surface area contributed by atoms with Crippen LogP contribution in [0.4, 0.5) is 5.69 Å². The summed E-state index contributed by atoms with van der Waals surface area (Å²) in [7, 11) is 1.79. The van der Waals surface area contributed by atoms with E-state index in [1.54, 1.807) is 30.1 Å². The minimum atomic E-state index is 0.165. The van der Waals surface area contributed by atoms with Crippen LogP contribution in [-0.4, -0.2) is 30.4 Å². The maximum Gasteiger partial charge on any atom is 0.222 e. The van der Waals surface area contributed by atoms with E-state index in [1.165, 1.54) is 0 Å². The van der Waals surface area contributed by atoms with Gasteiger partial charge in [0.25, 0.3) is 0 Å². The first-order valence-corrected chi connectivity index (χ1v) is 6.18. The molecule has 1 aromatic rings. The maximum absolute atomic E-state index is 11.4. The highest BCUT2D eigenvalue weighted by molar-refractivity contribution is 6.30. The highest BCUT2D eigenvalue weighted by atomic mass is 35.5. The summed E-state index contributed by atoms with van der Waals surface area (Å²) in [5.41, 5.74) is 1.30. The van der Waals surface area contributed by atoms with Crippen molar-refractivity contribution < 1.29 is 4.79 Å². The number of carbonyl (C=O) groups is 1. The molecule has 1 heterocycles. The van der Waals surface area contributed by atoms with Crippen molar-refractivity contribution in [2.75, 3.05) is 18.9 Å². The number of rotatable bonds is 2. The maximum atomic E-state index is 11.4. The largest absolute Gasteiger partial charge is 0.379 e. The van der Waals surface area contributed by atoms with E-state index in [2.05, 4.69) is 11.4 Å². The molecule has 4 nitrogen and oxygen atoms in total. The second kappa shape index (κ2) is 5.28. The van der Waals surface area contributed by atoms with Crippen LogP contribution in [0.15, 0.2) is 18.2 Å². The SMILES string of the molecule is CN1C[C@@H](Nc2cc(Cl)ccc2C#N)CCC1=O. The van der Waals surface area contributed by atoms with Gasteiger partial charge in [0, 0.05) is 31.1 Å². The first-order chi connectivity index (χ1) is 8.60. The highest BCUT2D eigenvalue weighted by Gasteiger charge is 2.23. The third-order valence-electron chi connectivity index (χ3n) is 3.09. The molecule has 1 atom stereocenters. The van der Waals surface area contributed by atoms with Crippen molar-refractivity contribution in [2.45, 2.75) is 18.9 Å². The van der Waals surface area contributed by atoms with Crippen molar-refractivity contribution in [1.29, 1.82) is 5.26 Å². The number of anilines is 1. The van der Waals surface area contributed by atoms with E-state index in [0.29, 0.717) is 23.6 Å². The third-order valence-corrected chi connectivity index (χ3v) is 3.32. The number of piperidine rings is 1. The Kier molecular flexibility index (Phi) is 3.73. The van der Waals surface area contributed by atoms with Crippen LogP contribution < -0.4 is 5.32 Å². The number of likely N-dealkylation sites (tertiary alicyclic amines) is 1. The Morgan fingerprint density at radius 1 is 1.56 bits per heavy atom. The molecule has 1 aliphatic rings. The molecule has 0 unspecified atom stereocenters. The van der Waals surface area contributed by atoms with Crippen LogP contribution in [0.3, 0.4) is 0 Å². The summed E-state index contributed by atoms with van der Waals surface area (Å²) in [5, 5.41) is 12.9. The van der Waals surface area contributed by atoms with Gasteiger partial charge < -0.3 is 10.2 Å². The molecule has 0 bridgehead atoms. The summed E-state index contributed by atoms with van der Waals surface area (Å²) in [4.78, 5) is 13.1. The van der Waals surface area contributed by atoms with Gasteiger partial charge in [-0.1, -0.05) is 11.6 Å². The molecule has 1 fully saturated rings. The lowest BCUT2D eigenvalue weighted by molar-refractivity contribution is -0.132. The second-order valence-electron chi connectivity index (χ2n) is 4.46. The number of likely N-dealkylation sites (N-methyl/N-ethyl adjacent to an activating group) is 1. The van der Waals surface area contributed by atoms with E-state index in [4.69, 9.17) is 16.9 Å². The van der Waals surface area contributed by atoms with E-state index < -0.39 is 0 Å². The fourth-order valence-corrected chi connectivity index (χ4v) is 2.26. The van der Waals surface area contributed by atoms with Gasteiger partial charge in [0.2, 0.25) is 5.91 Å². The Morgan fingerprint density at radius 2 is 2.33 bits per heavy atom. The molecule has 0 radical (unpaired) electrons. The van der Waals surface area contributed by atoms with Crippen LogP contribution in [0.1, 0.15) is 18.4 Å². The zero-order chi connectivity index (χ0) is 13.1. The van der Waals surface area contributed by atoms with Gasteiger partial charge in [0.15, 0.2) is 0 Å². The number of benzene rings is 1. The summed E-state index contributed by atoms with van der Waals surface area (Å²) in [6.45, 7) is 0.649. The fourth-order valence-electron chi connectivity index (χ4n) is 2.08. The Hall–Kier alpha value is -1.73. The molecule has 18 heavy (non-hydrogen) atoms. The predicted molar refractivity (Wildman–Crippen MR) is 70.4 cm³/mol. The quantitative estimate of drug-likeness (QED) is 0.890. The summed E-state index contributed by atoms with van der Waals surface area (Å²) >= 11 is 5.93. The number of hydrogen-bond acceptors (Lipinski definition) is 3. The molecule has 0 aliphatic carbocycles. The van der Waals surface area contributed by atoms with Crippen LogP contribution in [0.2, 0.25) is 5.02 Å². The summed E-state index contributed by atoms with van der Waals surface area (Å²) in [6, 6.07) is 7.44. The standard InChI is InChI=1S/C13H14ClN3O/c1-17-8-11(4-5-13(17)18)16-12-6-10(14)3-2-9(12)7-15/h2-3,6,11,16H,4-5,8H2,1H3/t11-/m0/s1. The van der Waals surface area contributed by atoms with Crippen molar-refractivity contribution in [3.8, 4) is 6.07 Å². The van der Waals surface area contributed by atoms with Gasteiger partial charge in [-0.25, -0.2) is 0 Å². The highest BCUT2D eigenvalue weighted by Crippen LogP contribution is 2.23. The van der Waals surface area contributed by atoms with Gasteiger partial charge in [-0.05, 0) is 24.6 Å². The summed E-state index contributed by atoms with van der Waals surface area (Å²) in [5.74, 6) is 0.166. The second-order valence-corrected chi connectivity index (χ2v) is 4.89. The Balaban J connectivity index is 2.12. The first-order valence-electron chi connectivity index (χ1n) is 5.80. The number of nitriles is 1. The molecule has 0 aromatic heterocycles. The summed E-state index contributed by atoms with van der Waals surface area (Å²) < 4.78 is 0. The lowest BCUT2D eigenvalue weighted by Gasteiger charge is -2.31. The Morgan fingerprint density at radius 3 is 3.00 bits per heavy atom. The number of carbonyl (C=O) groups excluding carboxylic acids is 1. The van der Waals surface area contributed by atoms with E-state index in [0.717, 1.165) is 12.1 Å². The molecule has 2 rings (SSSR count). The van der Waals surface area contributed by atoms with E-state index in [9.17, 15) is 4.79 Å². The molecule has 1 N–H and O–H groups in total. The lowest BCUT2D eigenvalue weighted by Crippen LogP contribution is -2.43. The van der Waals surface area contributed by atoms with Crippen LogP contribution in [0.5, 0.6) is 0 Å². The number of halogens is 1. The smallest absolute Gasteiger partial charge is 0.222 e. The van der Waals surface area contributed by atoms with Crippen molar-refractivity contribution in [3.63, 3.8) is 0 Å². The van der Waals surface area contributed by atoms with Crippen LogP contribution in [0.25, 0.3) is 0 Å². The van der Waals surface area contributed by atoms with E-state index >= 15 is 0 Å². The monoisotopic (exact) mass is 263 g/mol. The van der Waals surface area contributed by atoms with Crippen LogP contribution in [-0.2, 0) is 4.79 Å². The van der Waals surface area contributed by atoms with Gasteiger partial charge in [-0.3, -0.25) is 4.79 Å². The zero-order valence-corrected chi connectivity index (χ0v) is 10.9. The zero-order valence-electron chi connectivity index (χ0n) is 10.1. The molecule has 0 saturated carbocycles. The van der Waals surface area contributed by atoms with E-state index in [-0.39, 0.29) is 11.9 Å². The van der Waals surface area contributed by atoms with Gasteiger partial charge >= 0.3 is 0 Å². The molecule has 0 spiro atoms. The molecule has 5 heteroatoms. The Labute approximate surface area is 111 Å².